The Morgan fingerprint density at radius 3 is 2.85 bits per heavy atom. The molecule has 1 aromatic carbocycles. The molecule has 2 unspecified atom stereocenters. The number of nitrogens with zero attached hydrogens (tertiary/aromatic N) is 4. The smallest absolute Gasteiger partial charge is 0.0971 e. The van der Waals surface area contributed by atoms with E-state index in [1.165, 1.54) is 0 Å². The summed E-state index contributed by atoms with van der Waals surface area (Å²) in [6.07, 6.45) is 2.61. The Labute approximate surface area is 118 Å². The summed E-state index contributed by atoms with van der Waals surface area (Å²) in [5.74, 6) is 0.395. The van der Waals surface area contributed by atoms with Crippen molar-refractivity contribution in [3.8, 4) is 5.69 Å². The van der Waals surface area contributed by atoms with Crippen LogP contribution in [0.25, 0.3) is 5.69 Å². The molecule has 0 amide bonds. The van der Waals surface area contributed by atoms with E-state index in [1.807, 2.05) is 30.3 Å². The molecule has 106 valence electrons. The van der Waals surface area contributed by atoms with E-state index in [0.717, 1.165) is 37.4 Å². The van der Waals surface area contributed by atoms with Crippen LogP contribution in [0.1, 0.15) is 19.0 Å². The fourth-order valence-electron chi connectivity index (χ4n) is 2.54. The second-order valence-corrected chi connectivity index (χ2v) is 5.53. The molecule has 0 saturated carbocycles. The molecule has 0 aliphatic carbocycles. The molecule has 1 saturated heterocycles. The van der Waals surface area contributed by atoms with Gasteiger partial charge in [0.05, 0.1) is 23.7 Å². The number of benzene rings is 1. The summed E-state index contributed by atoms with van der Waals surface area (Å²) in [6, 6.07) is 9.89. The van der Waals surface area contributed by atoms with E-state index in [4.69, 9.17) is 0 Å². The number of aliphatic hydroxyl groups is 1. The van der Waals surface area contributed by atoms with Crippen LogP contribution in [-0.2, 0) is 6.54 Å². The molecule has 2 atom stereocenters. The summed E-state index contributed by atoms with van der Waals surface area (Å²) in [5.41, 5.74) is 1.90. The average molecular weight is 272 g/mol. The van der Waals surface area contributed by atoms with Gasteiger partial charge in [-0.05, 0) is 31.0 Å². The van der Waals surface area contributed by atoms with Crippen LogP contribution in [0.2, 0.25) is 0 Å². The molecular formula is C15H20N4O. The molecule has 0 spiro atoms. The monoisotopic (exact) mass is 272 g/mol. The molecule has 2 heterocycles. The SMILES string of the molecule is CC1CCN(Cc2cnn(-c3ccccc3)n2)CC1O. The van der Waals surface area contributed by atoms with E-state index in [1.54, 1.807) is 11.0 Å². The van der Waals surface area contributed by atoms with Crippen molar-refractivity contribution in [2.24, 2.45) is 5.92 Å². The molecule has 5 heteroatoms. The number of hydrogen-bond acceptors (Lipinski definition) is 4. The zero-order chi connectivity index (χ0) is 13.9. The highest BCUT2D eigenvalue weighted by Crippen LogP contribution is 2.18. The maximum atomic E-state index is 9.93. The predicted octanol–water partition coefficient (Wildman–Crippen LogP) is 1.47. The lowest BCUT2D eigenvalue weighted by Gasteiger charge is -2.33. The minimum Gasteiger partial charge on any atom is -0.392 e. The molecule has 20 heavy (non-hydrogen) atoms. The molecule has 0 radical (unpaired) electrons. The third-order valence-corrected chi connectivity index (χ3v) is 3.91. The zero-order valence-corrected chi connectivity index (χ0v) is 11.7. The van der Waals surface area contributed by atoms with Gasteiger partial charge in [0.2, 0.25) is 0 Å². The fourth-order valence-corrected chi connectivity index (χ4v) is 2.54. The molecule has 1 N–H and O–H groups in total. The highest BCUT2D eigenvalue weighted by molar-refractivity contribution is 5.28. The van der Waals surface area contributed by atoms with Crippen LogP contribution in [-0.4, -0.2) is 44.2 Å². The first-order valence-electron chi connectivity index (χ1n) is 7.09. The van der Waals surface area contributed by atoms with Gasteiger partial charge >= 0.3 is 0 Å². The first kappa shape index (κ1) is 13.3. The maximum Gasteiger partial charge on any atom is 0.0971 e. The summed E-state index contributed by atoms with van der Waals surface area (Å²) >= 11 is 0. The van der Waals surface area contributed by atoms with Gasteiger partial charge in [0.15, 0.2) is 0 Å². The lowest BCUT2D eigenvalue weighted by Crippen LogP contribution is -2.42. The van der Waals surface area contributed by atoms with Crippen LogP contribution in [0, 0.1) is 5.92 Å². The Morgan fingerprint density at radius 1 is 1.30 bits per heavy atom. The Morgan fingerprint density at radius 2 is 2.10 bits per heavy atom. The van der Waals surface area contributed by atoms with E-state index >= 15 is 0 Å². The third kappa shape index (κ3) is 2.89. The number of hydrogen-bond donors (Lipinski definition) is 1. The lowest BCUT2D eigenvalue weighted by atomic mass is 9.96. The normalized spacial score (nSPS) is 23.9. The fraction of sp³-hybridized carbons (Fsp3) is 0.467. The predicted molar refractivity (Wildman–Crippen MR) is 76.4 cm³/mol. The molecule has 1 aliphatic heterocycles. The number of aromatic nitrogens is 3. The summed E-state index contributed by atoms with van der Waals surface area (Å²) in [5, 5.41) is 18.7. The van der Waals surface area contributed by atoms with Gasteiger partial charge in [0.25, 0.3) is 0 Å². The highest BCUT2D eigenvalue weighted by Gasteiger charge is 2.24. The second-order valence-electron chi connectivity index (χ2n) is 5.53. The Balaban J connectivity index is 1.66. The van der Waals surface area contributed by atoms with E-state index < -0.39 is 0 Å². The summed E-state index contributed by atoms with van der Waals surface area (Å²) in [7, 11) is 0. The Hall–Kier alpha value is -1.72. The van der Waals surface area contributed by atoms with E-state index in [0.29, 0.717) is 5.92 Å². The molecule has 1 fully saturated rings. The summed E-state index contributed by atoms with van der Waals surface area (Å²) < 4.78 is 0. The van der Waals surface area contributed by atoms with Crippen molar-refractivity contribution in [1.29, 1.82) is 0 Å². The van der Waals surface area contributed by atoms with Gasteiger partial charge in [-0.2, -0.15) is 15.0 Å². The minimum absolute atomic E-state index is 0.229. The van der Waals surface area contributed by atoms with Crippen molar-refractivity contribution in [2.45, 2.75) is 26.0 Å². The second kappa shape index (κ2) is 5.73. The molecule has 0 bridgehead atoms. The molecule has 5 nitrogen and oxygen atoms in total. The van der Waals surface area contributed by atoms with Crippen molar-refractivity contribution in [3.05, 3.63) is 42.2 Å². The summed E-state index contributed by atoms with van der Waals surface area (Å²) in [4.78, 5) is 3.89. The number of rotatable bonds is 3. The Kier molecular flexibility index (Phi) is 3.80. The van der Waals surface area contributed by atoms with Crippen LogP contribution in [0.5, 0.6) is 0 Å². The standard InChI is InChI=1S/C15H20N4O/c1-12-7-8-18(11-15(12)20)10-13-9-16-19(17-13)14-5-3-2-4-6-14/h2-6,9,12,15,20H,7-8,10-11H2,1H3. The van der Waals surface area contributed by atoms with Crippen molar-refractivity contribution >= 4 is 0 Å². The average Bonchev–Trinajstić information content (AvgIpc) is 2.92. The van der Waals surface area contributed by atoms with Crippen LogP contribution in [0.4, 0.5) is 0 Å². The largest absolute Gasteiger partial charge is 0.392 e. The number of β-amino-alcohol motifs (C(OH)–C–C–N with tert-alkyl or cyclic N) is 1. The van der Waals surface area contributed by atoms with Crippen LogP contribution < -0.4 is 0 Å². The zero-order valence-electron chi connectivity index (χ0n) is 11.7. The van der Waals surface area contributed by atoms with Gasteiger partial charge in [-0.1, -0.05) is 25.1 Å². The molecular weight excluding hydrogens is 252 g/mol. The highest BCUT2D eigenvalue weighted by atomic mass is 16.3. The third-order valence-electron chi connectivity index (χ3n) is 3.91. The Bertz CT molecular complexity index is 554. The molecule has 1 aromatic heterocycles. The van der Waals surface area contributed by atoms with E-state index in [-0.39, 0.29) is 6.10 Å². The minimum atomic E-state index is -0.229. The van der Waals surface area contributed by atoms with Crippen LogP contribution in [0.15, 0.2) is 36.5 Å². The van der Waals surface area contributed by atoms with Crippen LogP contribution >= 0.6 is 0 Å². The van der Waals surface area contributed by atoms with Crippen molar-refractivity contribution in [2.75, 3.05) is 13.1 Å². The molecule has 3 rings (SSSR count). The van der Waals surface area contributed by atoms with Gasteiger partial charge in [0.1, 0.15) is 0 Å². The topological polar surface area (TPSA) is 54.2 Å². The van der Waals surface area contributed by atoms with E-state index in [2.05, 4.69) is 22.0 Å². The number of likely N-dealkylation sites (tertiary alicyclic amines) is 1. The number of aliphatic hydroxyl groups excluding tert-OH is 1. The van der Waals surface area contributed by atoms with Gasteiger partial charge < -0.3 is 5.11 Å². The molecule has 2 aromatic rings. The maximum absolute atomic E-state index is 9.93. The van der Waals surface area contributed by atoms with E-state index in [9.17, 15) is 5.11 Å². The van der Waals surface area contributed by atoms with Crippen molar-refractivity contribution < 1.29 is 5.11 Å². The summed E-state index contributed by atoms with van der Waals surface area (Å²) in [6.45, 7) is 4.58. The lowest BCUT2D eigenvalue weighted by molar-refractivity contribution is 0.0254. The van der Waals surface area contributed by atoms with Crippen LogP contribution in [0.3, 0.4) is 0 Å². The first-order chi connectivity index (χ1) is 9.72. The van der Waals surface area contributed by atoms with Gasteiger partial charge in [-0.15, -0.1) is 0 Å². The number of para-hydroxylation sites is 1. The first-order valence-corrected chi connectivity index (χ1v) is 7.09. The van der Waals surface area contributed by atoms with Gasteiger partial charge in [-0.3, -0.25) is 4.90 Å². The van der Waals surface area contributed by atoms with Gasteiger partial charge in [-0.25, -0.2) is 0 Å². The van der Waals surface area contributed by atoms with Crippen molar-refractivity contribution in [3.63, 3.8) is 0 Å². The van der Waals surface area contributed by atoms with Crippen molar-refractivity contribution in [1.82, 2.24) is 19.9 Å². The molecule has 1 aliphatic rings. The van der Waals surface area contributed by atoms with Gasteiger partial charge in [0, 0.05) is 13.1 Å². The number of piperidine rings is 1. The quantitative estimate of drug-likeness (QED) is 0.919.